The quantitative estimate of drug-likeness (QED) is 0.421. The normalized spacial score (nSPS) is 20.8. The molecule has 2 heteroatoms. The van der Waals surface area contributed by atoms with Gasteiger partial charge in [0.05, 0.1) is 5.76 Å². The van der Waals surface area contributed by atoms with Gasteiger partial charge in [0.1, 0.15) is 12.4 Å². The molecule has 2 saturated carbocycles. The molecule has 0 amide bonds. The van der Waals surface area contributed by atoms with Crippen LogP contribution in [0.15, 0.2) is 41.7 Å². The molecule has 1 aromatic rings. The molecule has 3 aliphatic carbocycles. The van der Waals surface area contributed by atoms with Crippen molar-refractivity contribution in [3.05, 3.63) is 52.8 Å². The van der Waals surface area contributed by atoms with Crippen LogP contribution in [0.1, 0.15) is 81.3 Å². The second-order valence-electron chi connectivity index (χ2n) is 8.45. The zero-order valence-corrected chi connectivity index (χ0v) is 15.9. The Kier molecular flexibility index (Phi) is 5.38. The average Bonchev–Trinajstić information content (AvgIpc) is 3.14. The van der Waals surface area contributed by atoms with Crippen molar-refractivity contribution in [1.29, 1.82) is 0 Å². The van der Waals surface area contributed by atoms with Crippen molar-refractivity contribution in [1.82, 2.24) is 0 Å². The van der Waals surface area contributed by atoms with Crippen molar-refractivity contribution in [2.45, 2.75) is 76.5 Å². The summed E-state index contributed by atoms with van der Waals surface area (Å²) in [7, 11) is 0. The molecule has 0 aliphatic heterocycles. The first-order chi connectivity index (χ1) is 12.7. The summed E-state index contributed by atoms with van der Waals surface area (Å²) in [4.78, 5) is 0. The lowest BCUT2D eigenvalue weighted by atomic mass is 9.94. The van der Waals surface area contributed by atoms with E-state index in [1.807, 2.05) is 0 Å². The van der Waals surface area contributed by atoms with Crippen molar-refractivity contribution in [2.75, 3.05) is 6.61 Å². The maximum absolute atomic E-state index is 9.41. The number of allylic oxidation sites excluding steroid dienone is 2. The Morgan fingerprint density at radius 2 is 1.85 bits per heavy atom. The van der Waals surface area contributed by atoms with Crippen LogP contribution in [0.3, 0.4) is 0 Å². The molecular formula is C24H32O2. The van der Waals surface area contributed by atoms with Gasteiger partial charge in [0.15, 0.2) is 0 Å². The summed E-state index contributed by atoms with van der Waals surface area (Å²) in [6, 6.07) is 6.58. The molecule has 1 N–H and O–H groups in total. The van der Waals surface area contributed by atoms with Gasteiger partial charge in [0, 0.05) is 6.42 Å². The van der Waals surface area contributed by atoms with E-state index in [-0.39, 0.29) is 5.76 Å². The van der Waals surface area contributed by atoms with E-state index in [4.69, 9.17) is 4.74 Å². The van der Waals surface area contributed by atoms with Crippen molar-refractivity contribution < 1.29 is 9.84 Å². The molecule has 4 rings (SSSR count). The van der Waals surface area contributed by atoms with E-state index >= 15 is 0 Å². The molecule has 2 fully saturated rings. The second-order valence-corrected chi connectivity index (χ2v) is 8.45. The van der Waals surface area contributed by atoms with E-state index < -0.39 is 0 Å². The van der Waals surface area contributed by atoms with E-state index in [0.717, 1.165) is 24.7 Å². The lowest BCUT2D eigenvalue weighted by Gasteiger charge is -2.16. The van der Waals surface area contributed by atoms with Crippen LogP contribution in [0.2, 0.25) is 0 Å². The molecule has 0 spiro atoms. The van der Waals surface area contributed by atoms with Gasteiger partial charge in [-0.3, -0.25) is 0 Å². The van der Waals surface area contributed by atoms with Gasteiger partial charge >= 0.3 is 0 Å². The summed E-state index contributed by atoms with van der Waals surface area (Å²) in [6.07, 6.45) is 13.6. The monoisotopic (exact) mass is 352 g/mol. The summed E-state index contributed by atoms with van der Waals surface area (Å²) in [5.41, 5.74) is 6.11. The van der Waals surface area contributed by atoms with E-state index in [2.05, 4.69) is 24.8 Å². The number of aliphatic hydroxyl groups excluding tert-OH is 1. The largest absolute Gasteiger partial charge is 0.513 e. The van der Waals surface area contributed by atoms with Gasteiger partial charge in [-0.1, -0.05) is 31.1 Å². The number of hydrogen-bond donors (Lipinski definition) is 1. The highest BCUT2D eigenvalue weighted by molar-refractivity contribution is 5.40. The fourth-order valence-corrected chi connectivity index (χ4v) is 4.88. The number of ether oxygens (including phenoxy) is 1. The lowest BCUT2D eigenvalue weighted by Crippen LogP contribution is -2.06. The van der Waals surface area contributed by atoms with Gasteiger partial charge in [-0.05, 0) is 92.0 Å². The Morgan fingerprint density at radius 1 is 1.04 bits per heavy atom. The maximum Gasteiger partial charge on any atom is 0.120 e. The number of aliphatic hydroxyl groups is 1. The third kappa shape index (κ3) is 4.16. The fraction of sp³-hybridized carbons (Fsp3) is 0.583. The molecule has 1 aromatic carbocycles. The van der Waals surface area contributed by atoms with E-state index in [9.17, 15) is 5.11 Å². The van der Waals surface area contributed by atoms with E-state index in [1.54, 1.807) is 11.1 Å². The molecule has 26 heavy (non-hydrogen) atoms. The zero-order chi connectivity index (χ0) is 17.9. The Morgan fingerprint density at radius 3 is 2.58 bits per heavy atom. The summed E-state index contributed by atoms with van der Waals surface area (Å²) >= 11 is 0. The molecule has 2 nitrogen and oxygen atoms in total. The van der Waals surface area contributed by atoms with Crippen LogP contribution in [0.5, 0.6) is 5.75 Å². The van der Waals surface area contributed by atoms with Crippen molar-refractivity contribution in [3.8, 4) is 5.75 Å². The van der Waals surface area contributed by atoms with E-state index in [1.165, 1.54) is 68.9 Å². The Hall–Kier alpha value is -1.70. The van der Waals surface area contributed by atoms with Gasteiger partial charge in [-0.15, -0.1) is 0 Å². The first-order valence-electron chi connectivity index (χ1n) is 10.5. The van der Waals surface area contributed by atoms with Gasteiger partial charge in [0.25, 0.3) is 0 Å². The second kappa shape index (κ2) is 7.90. The van der Waals surface area contributed by atoms with Crippen molar-refractivity contribution >= 4 is 0 Å². The number of hydrogen-bond acceptors (Lipinski definition) is 2. The predicted octanol–water partition coefficient (Wildman–Crippen LogP) is 6.62. The highest BCUT2D eigenvalue weighted by Crippen LogP contribution is 2.44. The molecule has 0 heterocycles. The minimum atomic E-state index is 0.277. The fourth-order valence-electron chi connectivity index (χ4n) is 4.88. The molecular weight excluding hydrogens is 320 g/mol. The number of benzene rings is 1. The minimum absolute atomic E-state index is 0.277. The molecule has 140 valence electrons. The molecule has 0 bridgehead atoms. The predicted molar refractivity (Wildman–Crippen MR) is 107 cm³/mol. The molecule has 0 saturated heterocycles. The summed E-state index contributed by atoms with van der Waals surface area (Å²) in [5, 5.41) is 9.41. The van der Waals surface area contributed by atoms with E-state index in [0.29, 0.717) is 12.3 Å². The third-order valence-electron chi connectivity index (χ3n) is 6.46. The molecule has 0 aromatic heterocycles. The number of rotatable bonds is 8. The molecule has 3 aliphatic rings. The SMILES string of the molecule is C=C(O)CCc1ccc(OCC2=C(C3CCCC3)CCC2)cc1C1CC1. The molecule has 0 unspecified atom stereocenters. The Labute approximate surface area is 158 Å². The van der Waals surface area contributed by atoms with Gasteiger partial charge in [0.2, 0.25) is 0 Å². The van der Waals surface area contributed by atoms with Gasteiger partial charge < -0.3 is 9.84 Å². The van der Waals surface area contributed by atoms with Crippen LogP contribution in [0.4, 0.5) is 0 Å². The standard InChI is InChI=1S/C24H32O2/c1-17(25)9-10-19-13-14-22(15-24(19)20-11-12-20)26-16-21-7-4-8-23(21)18-5-2-3-6-18/h13-15,18,20,25H,1-12,16H2. The highest BCUT2D eigenvalue weighted by atomic mass is 16.5. The Balaban J connectivity index is 1.44. The minimum Gasteiger partial charge on any atom is -0.513 e. The molecule has 0 radical (unpaired) electrons. The van der Waals surface area contributed by atoms with Crippen molar-refractivity contribution in [3.63, 3.8) is 0 Å². The zero-order valence-electron chi connectivity index (χ0n) is 15.9. The van der Waals surface area contributed by atoms with Crippen molar-refractivity contribution in [2.24, 2.45) is 5.92 Å². The Bertz CT molecular complexity index is 690. The van der Waals surface area contributed by atoms with Crippen LogP contribution in [0, 0.1) is 5.92 Å². The van der Waals surface area contributed by atoms with Crippen LogP contribution in [-0.4, -0.2) is 11.7 Å². The highest BCUT2D eigenvalue weighted by Gasteiger charge is 2.27. The van der Waals surface area contributed by atoms with Crippen LogP contribution >= 0.6 is 0 Å². The van der Waals surface area contributed by atoms with Crippen LogP contribution in [0.25, 0.3) is 0 Å². The topological polar surface area (TPSA) is 29.5 Å². The average molecular weight is 353 g/mol. The molecule has 0 atom stereocenters. The van der Waals surface area contributed by atoms with Gasteiger partial charge in [-0.2, -0.15) is 0 Å². The van der Waals surface area contributed by atoms with Gasteiger partial charge in [-0.25, -0.2) is 0 Å². The third-order valence-corrected chi connectivity index (χ3v) is 6.46. The maximum atomic E-state index is 9.41. The lowest BCUT2D eigenvalue weighted by molar-refractivity contribution is 0.346. The smallest absolute Gasteiger partial charge is 0.120 e. The number of aryl methyl sites for hydroxylation is 1. The van der Waals surface area contributed by atoms with Crippen LogP contribution < -0.4 is 4.74 Å². The summed E-state index contributed by atoms with van der Waals surface area (Å²) in [6.45, 7) is 4.40. The summed E-state index contributed by atoms with van der Waals surface area (Å²) < 4.78 is 6.25. The first kappa shape index (κ1) is 17.7. The van der Waals surface area contributed by atoms with Crippen LogP contribution in [-0.2, 0) is 6.42 Å². The first-order valence-corrected chi connectivity index (χ1v) is 10.5. The summed E-state index contributed by atoms with van der Waals surface area (Å²) in [5.74, 6) is 2.84.